The second-order valence-corrected chi connectivity index (χ2v) is 7.92. The fourth-order valence-electron chi connectivity index (χ4n) is 2.85. The molecule has 1 aromatic carbocycles. The number of hydrogen-bond acceptors (Lipinski definition) is 3. The maximum atomic E-state index is 12.8. The summed E-state index contributed by atoms with van der Waals surface area (Å²) in [5, 5.41) is 0. The molecule has 4 nitrogen and oxygen atoms in total. The SMILES string of the molecule is O=S(=O)(c1ccc(OC2CCCCC2)cc1)N1CC(F)(F)C1. The van der Waals surface area contributed by atoms with Crippen LogP contribution in [0.4, 0.5) is 8.78 Å². The van der Waals surface area contributed by atoms with Gasteiger partial charge in [-0.1, -0.05) is 6.42 Å². The Balaban J connectivity index is 1.66. The fraction of sp³-hybridized carbons (Fsp3) is 0.600. The molecule has 1 aliphatic carbocycles. The summed E-state index contributed by atoms with van der Waals surface area (Å²) in [6, 6.07) is 6.03. The topological polar surface area (TPSA) is 46.6 Å². The Morgan fingerprint density at radius 3 is 2.18 bits per heavy atom. The van der Waals surface area contributed by atoms with Crippen LogP contribution >= 0.6 is 0 Å². The van der Waals surface area contributed by atoms with Crippen molar-refractivity contribution in [2.75, 3.05) is 13.1 Å². The molecular weight excluding hydrogens is 312 g/mol. The lowest BCUT2D eigenvalue weighted by molar-refractivity contribution is -0.0945. The van der Waals surface area contributed by atoms with Crippen LogP contribution in [0, 0.1) is 0 Å². The number of alkyl halides is 2. The van der Waals surface area contributed by atoms with Crippen LogP contribution in [0.3, 0.4) is 0 Å². The number of benzene rings is 1. The molecular formula is C15H19F2NO3S. The van der Waals surface area contributed by atoms with Crippen molar-refractivity contribution in [2.45, 2.75) is 49.0 Å². The Labute approximate surface area is 129 Å². The van der Waals surface area contributed by atoms with E-state index in [1.165, 1.54) is 18.6 Å². The van der Waals surface area contributed by atoms with E-state index < -0.39 is 29.0 Å². The normalized spacial score (nSPS) is 23.0. The van der Waals surface area contributed by atoms with Gasteiger partial charge in [0.2, 0.25) is 10.0 Å². The number of rotatable bonds is 4. The molecule has 1 heterocycles. The third-order valence-corrected chi connectivity index (χ3v) is 5.94. The van der Waals surface area contributed by atoms with E-state index >= 15 is 0 Å². The summed E-state index contributed by atoms with van der Waals surface area (Å²) in [6.07, 6.45) is 5.76. The molecule has 122 valence electrons. The van der Waals surface area contributed by atoms with Crippen LogP contribution in [-0.4, -0.2) is 37.8 Å². The maximum Gasteiger partial charge on any atom is 0.275 e. The smallest absolute Gasteiger partial charge is 0.275 e. The lowest BCUT2D eigenvalue weighted by Gasteiger charge is -2.37. The van der Waals surface area contributed by atoms with Crippen LogP contribution < -0.4 is 4.74 Å². The van der Waals surface area contributed by atoms with Gasteiger partial charge in [0, 0.05) is 0 Å². The van der Waals surface area contributed by atoms with Crippen LogP contribution in [0.1, 0.15) is 32.1 Å². The van der Waals surface area contributed by atoms with Crippen molar-refractivity contribution in [1.29, 1.82) is 0 Å². The highest BCUT2D eigenvalue weighted by Gasteiger charge is 2.49. The van der Waals surface area contributed by atoms with E-state index in [0.717, 1.165) is 30.0 Å². The molecule has 0 aromatic heterocycles. The first-order valence-electron chi connectivity index (χ1n) is 7.52. The summed E-state index contributed by atoms with van der Waals surface area (Å²) in [5.41, 5.74) is 0. The van der Waals surface area contributed by atoms with Crippen molar-refractivity contribution in [3.63, 3.8) is 0 Å². The zero-order valence-electron chi connectivity index (χ0n) is 12.2. The molecule has 1 aromatic rings. The Bertz CT molecular complexity index is 617. The molecule has 22 heavy (non-hydrogen) atoms. The van der Waals surface area contributed by atoms with E-state index in [-0.39, 0.29) is 11.0 Å². The lowest BCUT2D eigenvalue weighted by Crippen LogP contribution is -2.58. The molecule has 1 saturated heterocycles. The van der Waals surface area contributed by atoms with Gasteiger partial charge in [0.15, 0.2) is 0 Å². The first kappa shape index (κ1) is 15.7. The van der Waals surface area contributed by atoms with E-state index in [9.17, 15) is 17.2 Å². The van der Waals surface area contributed by atoms with Gasteiger partial charge in [0.25, 0.3) is 5.92 Å². The molecule has 0 radical (unpaired) electrons. The molecule has 3 rings (SSSR count). The first-order valence-corrected chi connectivity index (χ1v) is 8.96. The van der Waals surface area contributed by atoms with Crippen molar-refractivity contribution >= 4 is 10.0 Å². The quantitative estimate of drug-likeness (QED) is 0.852. The molecule has 1 saturated carbocycles. The third-order valence-electron chi connectivity index (χ3n) is 4.13. The second kappa shape index (κ2) is 5.77. The highest BCUT2D eigenvalue weighted by molar-refractivity contribution is 7.89. The van der Waals surface area contributed by atoms with Crippen molar-refractivity contribution in [3.05, 3.63) is 24.3 Å². The van der Waals surface area contributed by atoms with Crippen molar-refractivity contribution < 1.29 is 21.9 Å². The number of hydrogen-bond donors (Lipinski definition) is 0. The van der Waals surface area contributed by atoms with E-state index in [0.29, 0.717) is 5.75 Å². The minimum absolute atomic E-state index is 0.0268. The molecule has 0 bridgehead atoms. The maximum absolute atomic E-state index is 12.8. The van der Waals surface area contributed by atoms with Gasteiger partial charge in [-0.15, -0.1) is 0 Å². The Morgan fingerprint density at radius 1 is 1.05 bits per heavy atom. The second-order valence-electron chi connectivity index (χ2n) is 5.98. The predicted molar refractivity (Wildman–Crippen MR) is 77.6 cm³/mol. The largest absolute Gasteiger partial charge is 0.490 e. The van der Waals surface area contributed by atoms with E-state index in [1.807, 2.05) is 0 Å². The van der Waals surface area contributed by atoms with Crippen molar-refractivity contribution in [3.8, 4) is 5.75 Å². The standard InChI is InChI=1S/C15H19F2NO3S/c16-15(17)10-18(11-15)22(19,20)14-8-6-13(7-9-14)21-12-4-2-1-3-5-12/h6-9,12H,1-5,10-11H2. The van der Waals surface area contributed by atoms with Gasteiger partial charge in [-0.25, -0.2) is 17.2 Å². The summed E-state index contributed by atoms with van der Waals surface area (Å²) in [5.74, 6) is -2.28. The number of halogens is 2. The first-order chi connectivity index (χ1) is 10.4. The number of ether oxygens (including phenoxy) is 1. The van der Waals surface area contributed by atoms with E-state index in [4.69, 9.17) is 4.74 Å². The van der Waals surface area contributed by atoms with Crippen molar-refractivity contribution in [2.24, 2.45) is 0 Å². The lowest BCUT2D eigenvalue weighted by atomic mass is 9.98. The molecule has 7 heteroatoms. The van der Waals surface area contributed by atoms with Crippen LogP contribution in [0.25, 0.3) is 0 Å². The monoisotopic (exact) mass is 331 g/mol. The van der Waals surface area contributed by atoms with Crippen LogP contribution in [0.15, 0.2) is 29.2 Å². The van der Waals surface area contributed by atoms with Gasteiger partial charge >= 0.3 is 0 Å². The third kappa shape index (κ3) is 3.25. The molecule has 0 spiro atoms. The molecule has 1 aliphatic heterocycles. The minimum Gasteiger partial charge on any atom is -0.490 e. The summed E-state index contributed by atoms with van der Waals surface area (Å²) in [7, 11) is -3.83. The summed E-state index contributed by atoms with van der Waals surface area (Å²) < 4.78 is 56.6. The summed E-state index contributed by atoms with van der Waals surface area (Å²) in [6.45, 7) is -1.48. The zero-order chi connectivity index (χ0) is 15.8. The highest BCUT2D eigenvalue weighted by Crippen LogP contribution is 2.32. The Hall–Kier alpha value is -1.21. The van der Waals surface area contributed by atoms with Crippen LogP contribution in [-0.2, 0) is 10.0 Å². The highest BCUT2D eigenvalue weighted by atomic mass is 32.2. The molecule has 0 atom stereocenters. The number of sulfonamides is 1. The van der Waals surface area contributed by atoms with Gasteiger partial charge < -0.3 is 4.74 Å². The Kier molecular flexibility index (Phi) is 4.11. The number of nitrogens with zero attached hydrogens (tertiary/aromatic N) is 1. The average Bonchev–Trinajstić information content (AvgIpc) is 2.46. The van der Waals surface area contributed by atoms with Crippen molar-refractivity contribution in [1.82, 2.24) is 4.31 Å². The van der Waals surface area contributed by atoms with E-state index in [1.54, 1.807) is 12.1 Å². The van der Waals surface area contributed by atoms with Gasteiger partial charge in [-0.05, 0) is 49.9 Å². The predicted octanol–water partition coefficient (Wildman–Crippen LogP) is 3.04. The van der Waals surface area contributed by atoms with Gasteiger partial charge in [-0.2, -0.15) is 4.31 Å². The molecule has 2 fully saturated rings. The van der Waals surface area contributed by atoms with Gasteiger partial charge in [-0.3, -0.25) is 0 Å². The van der Waals surface area contributed by atoms with Crippen LogP contribution in [0.2, 0.25) is 0 Å². The molecule has 2 aliphatic rings. The molecule has 0 amide bonds. The van der Waals surface area contributed by atoms with Gasteiger partial charge in [0.1, 0.15) is 5.75 Å². The molecule has 0 N–H and O–H groups in total. The summed E-state index contributed by atoms with van der Waals surface area (Å²) in [4.78, 5) is 0.0268. The van der Waals surface area contributed by atoms with Crippen LogP contribution in [0.5, 0.6) is 5.75 Å². The van der Waals surface area contributed by atoms with Gasteiger partial charge in [0.05, 0.1) is 24.1 Å². The Morgan fingerprint density at radius 2 is 1.64 bits per heavy atom. The average molecular weight is 331 g/mol. The summed E-state index contributed by atoms with van der Waals surface area (Å²) >= 11 is 0. The minimum atomic E-state index is -3.83. The fourth-order valence-corrected chi connectivity index (χ4v) is 4.35. The zero-order valence-corrected chi connectivity index (χ0v) is 13.0. The molecule has 0 unspecified atom stereocenters. The van der Waals surface area contributed by atoms with E-state index in [2.05, 4.69) is 0 Å².